The molecule has 1 fully saturated rings. The Balaban J connectivity index is 1.41. The number of likely N-dealkylation sites (tertiary alicyclic amines) is 1. The van der Waals surface area contributed by atoms with Crippen LogP contribution in [0.4, 0.5) is 4.39 Å². The third kappa shape index (κ3) is 3.02. The first kappa shape index (κ1) is 15.6. The minimum absolute atomic E-state index is 0.167. The van der Waals surface area contributed by atoms with Crippen molar-refractivity contribution in [3.05, 3.63) is 41.7 Å². The molecule has 6 heteroatoms. The van der Waals surface area contributed by atoms with Gasteiger partial charge in [-0.15, -0.1) is 10.2 Å². The molecule has 1 saturated heterocycles. The van der Waals surface area contributed by atoms with Crippen molar-refractivity contribution < 1.29 is 9.50 Å². The Morgan fingerprint density at radius 3 is 3.08 bits per heavy atom. The molecule has 1 aromatic carbocycles. The topological polar surface area (TPSA) is 54.2 Å². The second-order valence-electron chi connectivity index (χ2n) is 7.08. The lowest BCUT2D eigenvalue weighted by Gasteiger charge is -2.36. The highest BCUT2D eigenvalue weighted by Crippen LogP contribution is 2.32. The molecule has 2 aliphatic rings. The van der Waals surface area contributed by atoms with E-state index < -0.39 is 5.82 Å². The maximum absolute atomic E-state index is 14.2. The van der Waals surface area contributed by atoms with Crippen LogP contribution in [0.2, 0.25) is 0 Å². The first-order valence-electron chi connectivity index (χ1n) is 8.77. The predicted octanol–water partition coefficient (Wildman–Crippen LogP) is 2.56. The van der Waals surface area contributed by atoms with Gasteiger partial charge >= 0.3 is 0 Å². The van der Waals surface area contributed by atoms with Gasteiger partial charge in [0.05, 0.1) is 0 Å². The third-order valence-electron chi connectivity index (χ3n) is 5.40. The predicted molar refractivity (Wildman–Crippen MR) is 88.3 cm³/mol. The lowest BCUT2D eigenvalue weighted by atomic mass is 9.89. The first-order valence-corrected chi connectivity index (χ1v) is 8.77. The highest BCUT2D eigenvalue weighted by molar-refractivity contribution is 5.32. The summed E-state index contributed by atoms with van der Waals surface area (Å²) in [5.74, 6) is 1.17. The molecule has 0 spiro atoms. The van der Waals surface area contributed by atoms with E-state index >= 15 is 0 Å². The quantitative estimate of drug-likeness (QED) is 0.940. The van der Waals surface area contributed by atoms with Crippen LogP contribution >= 0.6 is 0 Å². The Labute approximate surface area is 141 Å². The van der Waals surface area contributed by atoms with E-state index in [1.54, 1.807) is 6.07 Å². The number of fused-ring (bicyclic) bond motifs is 1. The molecule has 0 aliphatic carbocycles. The summed E-state index contributed by atoms with van der Waals surface area (Å²) in [6.45, 7) is 3.95. The number of halogens is 1. The summed E-state index contributed by atoms with van der Waals surface area (Å²) in [5.41, 5.74) is 0.657. The second-order valence-corrected chi connectivity index (χ2v) is 7.08. The number of phenols is 1. The summed E-state index contributed by atoms with van der Waals surface area (Å²) < 4.78 is 16.4. The van der Waals surface area contributed by atoms with Crippen LogP contribution in [0, 0.1) is 11.7 Å². The number of benzene rings is 1. The summed E-state index contributed by atoms with van der Waals surface area (Å²) in [7, 11) is 0. The van der Waals surface area contributed by atoms with Gasteiger partial charge in [0, 0.05) is 26.1 Å². The molecule has 3 heterocycles. The van der Waals surface area contributed by atoms with Crippen molar-refractivity contribution in [1.29, 1.82) is 0 Å². The number of piperidine rings is 1. The zero-order chi connectivity index (χ0) is 16.5. The van der Waals surface area contributed by atoms with Crippen LogP contribution < -0.4 is 0 Å². The zero-order valence-electron chi connectivity index (χ0n) is 13.7. The largest absolute Gasteiger partial charge is 0.505 e. The monoisotopic (exact) mass is 330 g/mol. The van der Waals surface area contributed by atoms with Crippen LogP contribution in [0.5, 0.6) is 5.75 Å². The molecular formula is C18H23FN4O. The van der Waals surface area contributed by atoms with Crippen molar-refractivity contribution >= 4 is 0 Å². The summed E-state index contributed by atoms with van der Waals surface area (Å²) in [6.07, 6.45) is 6.01. The van der Waals surface area contributed by atoms with E-state index in [4.69, 9.17) is 0 Å². The maximum atomic E-state index is 14.2. The third-order valence-corrected chi connectivity index (χ3v) is 5.40. The van der Waals surface area contributed by atoms with E-state index in [0.29, 0.717) is 11.5 Å². The average molecular weight is 330 g/mol. The first-order chi connectivity index (χ1) is 11.7. The number of phenolic OH excluding ortho intramolecular Hbond substituents is 1. The highest BCUT2D eigenvalue weighted by atomic mass is 19.1. The van der Waals surface area contributed by atoms with Gasteiger partial charge < -0.3 is 14.6 Å². The standard InChI is InChI=1S/C18H23FN4O/c19-18-15(4-1-5-16(18)24)14-3-2-8-22(11-14)9-13-6-7-17-21-20-12-23(17)10-13/h1,4-5,12-14,24H,2-3,6-11H2. The Morgan fingerprint density at radius 1 is 1.25 bits per heavy atom. The van der Waals surface area contributed by atoms with Gasteiger partial charge in [-0.05, 0) is 49.3 Å². The van der Waals surface area contributed by atoms with E-state index in [9.17, 15) is 9.50 Å². The zero-order valence-corrected chi connectivity index (χ0v) is 13.7. The molecule has 2 unspecified atom stereocenters. The summed E-state index contributed by atoms with van der Waals surface area (Å²) in [6, 6.07) is 4.97. The molecule has 2 atom stereocenters. The molecule has 5 nitrogen and oxygen atoms in total. The van der Waals surface area contributed by atoms with Gasteiger partial charge in [0.1, 0.15) is 12.2 Å². The fourth-order valence-electron chi connectivity index (χ4n) is 4.17. The van der Waals surface area contributed by atoms with Gasteiger partial charge in [-0.25, -0.2) is 4.39 Å². The minimum atomic E-state index is -0.448. The molecule has 0 amide bonds. The van der Waals surface area contributed by atoms with Gasteiger partial charge in [0.2, 0.25) is 0 Å². The van der Waals surface area contributed by atoms with Crippen LogP contribution in [0.1, 0.15) is 36.6 Å². The average Bonchev–Trinajstić information content (AvgIpc) is 3.05. The van der Waals surface area contributed by atoms with Gasteiger partial charge in [-0.3, -0.25) is 0 Å². The fraction of sp³-hybridized carbons (Fsp3) is 0.556. The molecule has 0 bridgehead atoms. The van der Waals surface area contributed by atoms with Gasteiger partial charge in [-0.2, -0.15) is 0 Å². The van der Waals surface area contributed by atoms with Crippen molar-refractivity contribution in [2.45, 2.75) is 38.1 Å². The molecular weight excluding hydrogens is 307 g/mol. The van der Waals surface area contributed by atoms with Gasteiger partial charge in [0.25, 0.3) is 0 Å². The summed E-state index contributed by atoms with van der Waals surface area (Å²) in [5, 5.41) is 17.8. The van der Waals surface area contributed by atoms with E-state index in [1.165, 1.54) is 6.07 Å². The number of aromatic nitrogens is 3. The number of nitrogens with zero attached hydrogens (tertiary/aromatic N) is 4. The van der Waals surface area contributed by atoms with Crippen molar-refractivity contribution in [1.82, 2.24) is 19.7 Å². The van der Waals surface area contributed by atoms with E-state index in [2.05, 4.69) is 19.7 Å². The number of aromatic hydroxyl groups is 1. The van der Waals surface area contributed by atoms with Crippen molar-refractivity contribution in [3.63, 3.8) is 0 Å². The number of hydrogen-bond donors (Lipinski definition) is 1. The van der Waals surface area contributed by atoms with Crippen LogP contribution in [-0.4, -0.2) is 44.4 Å². The molecule has 1 aromatic heterocycles. The lowest BCUT2D eigenvalue weighted by Crippen LogP contribution is -2.40. The van der Waals surface area contributed by atoms with Crippen molar-refractivity contribution in [3.8, 4) is 5.75 Å². The van der Waals surface area contributed by atoms with Gasteiger partial charge in [0.15, 0.2) is 11.6 Å². The molecule has 4 rings (SSSR count). The minimum Gasteiger partial charge on any atom is -0.505 e. The van der Waals surface area contributed by atoms with Crippen LogP contribution in [0.25, 0.3) is 0 Å². The normalized spacial score (nSPS) is 24.7. The van der Waals surface area contributed by atoms with Crippen LogP contribution in [0.15, 0.2) is 24.5 Å². The second kappa shape index (κ2) is 6.51. The Kier molecular flexibility index (Phi) is 4.22. The smallest absolute Gasteiger partial charge is 0.168 e. The highest BCUT2D eigenvalue weighted by Gasteiger charge is 2.27. The van der Waals surface area contributed by atoms with Crippen molar-refractivity contribution in [2.75, 3.05) is 19.6 Å². The van der Waals surface area contributed by atoms with Gasteiger partial charge in [-0.1, -0.05) is 12.1 Å². The fourth-order valence-corrected chi connectivity index (χ4v) is 4.17. The van der Waals surface area contributed by atoms with E-state index in [0.717, 1.165) is 57.7 Å². The number of hydrogen-bond acceptors (Lipinski definition) is 4. The SMILES string of the molecule is Oc1cccc(C2CCCN(CC3CCc4nncn4C3)C2)c1F. The molecule has 0 radical (unpaired) electrons. The summed E-state index contributed by atoms with van der Waals surface area (Å²) >= 11 is 0. The Hall–Kier alpha value is -1.95. The molecule has 24 heavy (non-hydrogen) atoms. The van der Waals surface area contributed by atoms with E-state index in [-0.39, 0.29) is 11.7 Å². The van der Waals surface area contributed by atoms with Crippen molar-refractivity contribution in [2.24, 2.45) is 5.92 Å². The van der Waals surface area contributed by atoms with Crippen LogP contribution in [0.3, 0.4) is 0 Å². The molecule has 2 aromatic rings. The molecule has 2 aliphatic heterocycles. The molecule has 128 valence electrons. The van der Waals surface area contributed by atoms with Crippen LogP contribution in [-0.2, 0) is 13.0 Å². The summed E-state index contributed by atoms with van der Waals surface area (Å²) in [4.78, 5) is 2.46. The Bertz CT molecular complexity index is 717. The Morgan fingerprint density at radius 2 is 2.17 bits per heavy atom. The number of aryl methyl sites for hydroxylation is 1. The lowest BCUT2D eigenvalue weighted by molar-refractivity contribution is 0.159. The molecule has 1 N–H and O–H groups in total. The maximum Gasteiger partial charge on any atom is 0.168 e. The molecule has 0 saturated carbocycles. The number of rotatable bonds is 3. The van der Waals surface area contributed by atoms with E-state index in [1.807, 2.05) is 12.4 Å².